The number of rotatable bonds is 4. The molecule has 2 fully saturated rings. The van der Waals surface area contributed by atoms with Gasteiger partial charge < -0.3 is 5.32 Å². The van der Waals surface area contributed by atoms with Gasteiger partial charge in [0.15, 0.2) is 0 Å². The van der Waals surface area contributed by atoms with E-state index in [1.807, 2.05) is 11.8 Å². The summed E-state index contributed by atoms with van der Waals surface area (Å²) >= 11 is 1.89. The van der Waals surface area contributed by atoms with Crippen molar-refractivity contribution >= 4 is 17.7 Å². The maximum Gasteiger partial charge on any atom is 0.234 e. The van der Waals surface area contributed by atoms with Gasteiger partial charge in [0.1, 0.15) is 0 Å². The molecule has 3 rings (SSSR count). The van der Waals surface area contributed by atoms with Crippen LogP contribution in [0.15, 0.2) is 29.2 Å². The Kier molecular flexibility index (Phi) is 4.86. The van der Waals surface area contributed by atoms with Crippen LogP contribution in [0.1, 0.15) is 31.2 Å². The number of fused-ring (bicyclic) bond motifs is 1. The van der Waals surface area contributed by atoms with Crippen molar-refractivity contribution in [1.82, 2.24) is 10.2 Å². The number of benzene rings is 1. The Morgan fingerprint density at radius 3 is 2.81 bits per heavy atom. The summed E-state index contributed by atoms with van der Waals surface area (Å²) in [5.74, 6) is 1.26. The van der Waals surface area contributed by atoms with E-state index in [0.717, 1.165) is 18.7 Å². The number of carbonyl (C=O) groups is 1. The molecular formula is C17H24N2OS. The average Bonchev–Trinajstić information content (AvgIpc) is 2.49. The van der Waals surface area contributed by atoms with Gasteiger partial charge in [-0.05, 0) is 31.9 Å². The normalized spacial score (nSPS) is 26.2. The SMILES string of the molecule is Cc1ccc(SCCN2CC(=O)N[C@H]3CCCC[C@@H]32)cc1. The van der Waals surface area contributed by atoms with Gasteiger partial charge in [-0.2, -0.15) is 0 Å². The molecule has 0 bridgehead atoms. The average molecular weight is 304 g/mol. The van der Waals surface area contributed by atoms with Crippen molar-refractivity contribution in [1.29, 1.82) is 0 Å². The van der Waals surface area contributed by atoms with E-state index in [-0.39, 0.29) is 5.91 Å². The van der Waals surface area contributed by atoms with E-state index in [1.165, 1.54) is 29.7 Å². The maximum atomic E-state index is 11.8. The molecular weight excluding hydrogens is 280 g/mol. The fourth-order valence-electron chi connectivity index (χ4n) is 3.43. The third kappa shape index (κ3) is 3.80. The van der Waals surface area contributed by atoms with Crippen LogP contribution in [0.5, 0.6) is 0 Å². The zero-order chi connectivity index (χ0) is 14.7. The van der Waals surface area contributed by atoms with E-state index < -0.39 is 0 Å². The highest BCUT2D eigenvalue weighted by atomic mass is 32.2. The topological polar surface area (TPSA) is 32.3 Å². The number of nitrogens with one attached hydrogen (secondary N) is 1. The predicted molar refractivity (Wildman–Crippen MR) is 87.7 cm³/mol. The number of carbonyl (C=O) groups excluding carboxylic acids is 1. The molecule has 1 aromatic carbocycles. The molecule has 1 heterocycles. The van der Waals surface area contributed by atoms with Crippen molar-refractivity contribution in [2.75, 3.05) is 18.8 Å². The Labute approximate surface area is 131 Å². The van der Waals surface area contributed by atoms with Gasteiger partial charge in [-0.3, -0.25) is 9.69 Å². The van der Waals surface area contributed by atoms with Crippen molar-refractivity contribution in [3.05, 3.63) is 29.8 Å². The first-order chi connectivity index (χ1) is 10.2. The Bertz CT molecular complexity index is 488. The minimum absolute atomic E-state index is 0.207. The number of hydrogen-bond acceptors (Lipinski definition) is 3. The van der Waals surface area contributed by atoms with E-state index in [9.17, 15) is 4.79 Å². The van der Waals surface area contributed by atoms with Crippen LogP contribution in [0.2, 0.25) is 0 Å². The van der Waals surface area contributed by atoms with Gasteiger partial charge >= 0.3 is 0 Å². The highest BCUT2D eigenvalue weighted by molar-refractivity contribution is 7.99. The summed E-state index contributed by atoms with van der Waals surface area (Å²) in [6.45, 7) is 3.70. The quantitative estimate of drug-likeness (QED) is 0.868. The van der Waals surface area contributed by atoms with E-state index in [1.54, 1.807) is 0 Å². The molecule has 114 valence electrons. The van der Waals surface area contributed by atoms with Crippen LogP contribution >= 0.6 is 11.8 Å². The summed E-state index contributed by atoms with van der Waals surface area (Å²) in [5, 5.41) is 3.18. The van der Waals surface area contributed by atoms with E-state index >= 15 is 0 Å². The lowest BCUT2D eigenvalue weighted by molar-refractivity contribution is -0.128. The van der Waals surface area contributed by atoms with Crippen molar-refractivity contribution in [2.24, 2.45) is 0 Å². The van der Waals surface area contributed by atoms with Crippen LogP contribution in [-0.4, -0.2) is 41.7 Å². The fraction of sp³-hybridized carbons (Fsp3) is 0.588. The molecule has 1 saturated carbocycles. The number of thioether (sulfide) groups is 1. The van der Waals surface area contributed by atoms with E-state index in [0.29, 0.717) is 18.6 Å². The zero-order valence-corrected chi connectivity index (χ0v) is 13.5. The van der Waals surface area contributed by atoms with Crippen LogP contribution in [0, 0.1) is 6.92 Å². The standard InChI is InChI=1S/C17H24N2OS/c1-13-6-8-14(9-7-13)21-11-10-19-12-17(20)18-15-4-2-3-5-16(15)19/h6-9,15-16H,2-5,10-12H2,1H3,(H,18,20)/t15-,16-/m0/s1. The second-order valence-electron chi connectivity index (χ2n) is 6.16. The van der Waals surface area contributed by atoms with Gasteiger partial charge in [-0.15, -0.1) is 11.8 Å². The lowest BCUT2D eigenvalue weighted by Crippen LogP contribution is -2.61. The predicted octanol–water partition coefficient (Wildman–Crippen LogP) is 2.83. The van der Waals surface area contributed by atoms with Gasteiger partial charge in [0.2, 0.25) is 5.91 Å². The first-order valence-electron chi connectivity index (χ1n) is 7.95. The Morgan fingerprint density at radius 2 is 2.00 bits per heavy atom. The van der Waals surface area contributed by atoms with Gasteiger partial charge in [0.25, 0.3) is 0 Å². The van der Waals surface area contributed by atoms with Crippen LogP contribution < -0.4 is 5.32 Å². The van der Waals surface area contributed by atoms with E-state index in [4.69, 9.17) is 0 Å². The molecule has 1 N–H and O–H groups in total. The summed E-state index contributed by atoms with van der Waals surface area (Å²) in [7, 11) is 0. The first-order valence-corrected chi connectivity index (χ1v) is 8.94. The molecule has 4 heteroatoms. The minimum Gasteiger partial charge on any atom is -0.351 e. The number of piperazine rings is 1. The highest BCUT2D eigenvalue weighted by Crippen LogP contribution is 2.26. The largest absolute Gasteiger partial charge is 0.351 e. The molecule has 2 atom stereocenters. The summed E-state index contributed by atoms with van der Waals surface area (Å²) < 4.78 is 0. The second-order valence-corrected chi connectivity index (χ2v) is 7.33. The monoisotopic (exact) mass is 304 g/mol. The minimum atomic E-state index is 0.207. The van der Waals surface area contributed by atoms with Gasteiger partial charge in [0.05, 0.1) is 6.54 Å². The summed E-state index contributed by atoms with van der Waals surface area (Å²) in [5.41, 5.74) is 1.30. The van der Waals surface area contributed by atoms with Crippen molar-refractivity contribution in [3.63, 3.8) is 0 Å². The van der Waals surface area contributed by atoms with Crippen molar-refractivity contribution < 1.29 is 4.79 Å². The van der Waals surface area contributed by atoms with Gasteiger partial charge in [-0.25, -0.2) is 0 Å². The smallest absolute Gasteiger partial charge is 0.234 e. The van der Waals surface area contributed by atoms with Gasteiger partial charge in [-0.1, -0.05) is 30.5 Å². The van der Waals surface area contributed by atoms with Crippen molar-refractivity contribution in [2.45, 2.75) is 49.6 Å². The molecule has 0 aromatic heterocycles. The Hall–Kier alpha value is -1.00. The molecule has 2 aliphatic rings. The number of nitrogens with zero attached hydrogens (tertiary/aromatic N) is 1. The molecule has 0 radical (unpaired) electrons. The van der Waals surface area contributed by atoms with Crippen LogP contribution in [0.25, 0.3) is 0 Å². The third-order valence-corrected chi connectivity index (χ3v) is 5.55. The van der Waals surface area contributed by atoms with Gasteiger partial charge in [0, 0.05) is 29.3 Å². The summed E-state index contributed by atoms with van der Waals surface area (Å²) in [6, 6.07) is 9.65. The molecule has 1 aliphatic carbocycles. The molecule has 1 aromatic rings. The molecule has 1 aliphatic heterocycles. The van der Waals surface area contributed by atoms with Crippen LogP contribution in [-0.2, 0) is 4.79 Å². The molecule has 0 unspecified atom stereocenters. The lowest BCUT2D eigenvalue weighted by atomic mass is 9.87. The molecule has 21 heavy (non-hydrogen) atoms. The van der Waals surface area contributed by atoms with Crippen LogP contribution in [0.4, 0.5) is 0 Å². The van der Waals surface area contributed by atoms with Crippen molar-refractivity contribution in [3.8, 4) is 0 Å². The summed E-state index contributed by atoms with van der Waals surface area (Å²) in [4.78, 5) is 15.6. The maximum absolute atomic E-state index is 11.8. The second kappa shape index (κ2) is 6.84. The van der Waals surface area contributed by atoms with Crippen LogP contribution in [0.3, 0.4) is 0 Å². The Morgan fingerprint density at radius 1 is 1.24 bits per heavy atom. The summed E-state index contributed by atoms with van der Waals surface area (Å²) in [6.07, 6.45) is 4.95. The molecule has 1 saturated heterocycles. The number of amides is 1. The fourth-order valence-corrected chi connectivity index (χ4v) is 4.32. The lowest BCUT2D eigenvalue weighted by Gasteiger charge is -2.44. The number of aryl methyl sites for hydroxylation is 1. The third-order valence-electron chi connectivity index (χ3n) is 4.56. The molecule has 0 spiro atoms. The molecule has 1 amide bonds. The highest BCUT2D eigenvalue weighted by Gasteiger charge is 2.35. The number of hydrogen-bond donors (Lipinski definition) is 1. The Balaban J connectivity index is 1.53. The first kappa shape index (κ1) is 14.9. The zero-order valence-electron chi connectivity index (χ0n) is 12.7. The van der Waals surface area contributed by atoms with E-state index in [2.05, 4.69) is 41.4 Å². The molecule has 3 nitrogen and oxygen atoms in total.